The maximum atomic E-state index is 12.8. The van der Waals surface area contributed by atoms with Crippen molar-refractivity contribution < 1.29 is 18.7 Å². The van der Waals surface area contributed by atoms with Gasteiger partial charge in [0.15, 0.2) is 0 Å². The molecule has 114 valence electrons. The molecule has 6 heteroatoms. The zero-order valence-electron chi connectivity index (χ0n) is 11.7. The number of carbonyl (C=O) groups is 1. The Hall–Kier alpha value is -1.66. The van der Waals surface area contributed by atoms with Crippen molar-refractivity contribution >= 4 is 11.8 Å². The van der Waals surface area contributed by atoms with Crippen LogP contribution in [0, 0.1) is 5.82 Å². The molecule has 0 aromatic heterocycles. The molecule has 1 aromatic rings. The Labute approximate surface area is 122 Å². The first-order chi connectivity index (χ1) is 10.2. The van der Waals surface area contributed by atoms with Crippen molar-refractivity contribution in [3.8, 4) is 0 Å². The first-order valence-corrected chi connectivity index (χ1v) is 7.23. The zero-order valence-corrected chi connectivity index (χ0v) is 11.7. The molecule has 2 saturated heterocycles. The average molecular weight is 294 g/mol. The van der Waals surface area contributed by atoms with E-state index >= 15 is 0 Å². The van der Waals surface area contributed by atoms with Gasteiger partial charge in [-0.15, -0.1) is 0 Å². The highest BCUT2D eigenvalue weighted by Gasteiger charge is 2.42. The van der Waals surface area contributed by atoms with E-state index in [1.54, 1.807) is 0 Å². The first kappa shape index (κ1) is 14.3. The van der Waals surface area contributed by atoms with Crippen LogP contribution < -0.4 is 10.6 Å². The van der Waals surface area contributed by atoms with Gasteiger partial charge in [-0.3, -0.25) is 5.32 Å². The Kier molecular flexibility index (Phi) is 4.07. The molecule has 5 nitrogen and oxygen atoms in total. The minimum absolute atomic E-state index is 0.133. The van der Waals surface area contributed by atoms with E-state index in [0.29, 0.717) is 12.3 Å². The van der Waals surface area contributed by atoms with E-state index in [1.165, 1.54) is 24.3 Å². The Balaban J connectivity index is 1.50. The van der Waals surface area contributed by atoms with Gasteiger partial charge in [-0.1, -0.05) is 0 Å². The van der Waals surface area contributed by atoms with Crippen LogP contribution in [0.2, 0.25) is 0 Å². The van der Waals surface area contributed by atoms with E-state index in [2.05, 4.69) is 10.6 Å². The summed E-state index contributed by atoms with van der Waals surface area (Å²) in [6.07, 6.45) is 1.90. The van der Waals surface area contributed by atoms with Crippen molar-refractivity contribution in [1.82, 2.24) is 5.32 Å². The van der Waals surface area contributed by atoms with Crippen LogP contribution in [0.5, 0.6) is 0 Å². The number of amides is 1. The lowest BCUT2D eigenvalue weighted by Crippen LogP contribution is -2.41. The third kappa shape index (κ3) is 3.51. The van der Waals surface area contributed by atoms with Crippen molar-refractivity contribution in [1.29, 1.82) is 0 Å². The second-order valence-corrected chi connectivity index (χ2v) is 5.61. The Morgan fingerprint density at radius 1 is 1.33 bits per heavy atom. The lowest BCUT2D eigenvalue weighted by Gasteiger charge is -2.32. The van der Waals surface area contributed by atoms with Crippen LogP contribution >= 0.6 is 0 Å². The number of hydrogen-bond acceptors (Lipinski definition) is 4. The van der Waals surface area contributed by atoms with Gasteiger partial charge in [-0.25, -0.2) is 9.18 Å². The van der Waals surface area contributed by atoms with Crippen molar-refractivity contribution in [2.24, 2.45) is 0 Å². The minimum atomic E-state index is -0.527. The minimum Gasteiger partial charge on any atom is -0.443 e. The van der Waals surface area contributed by atoms with Gasteiger partial charge in [-0.05, 0) is 50.2 Å². The lowest BCUT2D eigenvalue weighted by atomic mass is 9.89. The highest BCUT2D eigenvalue weighted by Crippen LogP contribution is 2.35. The highest BCUT2D eigenvalue weighted by atomic mass is 19.1. The summed E-state index contributed by atoms with van der Waals surface area (Å²) in [5.41, 5.74) is 0.378. The van der Waals surface area contributed by atoms with Gasteiger partial charge in [0.1, 0.15) is 11.9 Å². The van der Waals surface area contributed by atoms with Gasteiger partial charge in [0.2, 0.25) is 0 Å². The van der Waals surface area contributed by atoms with E-state index in [0.717, 1.165) is 32.4 Å². The number of piperidine rings is 1. The second-order valence-electron chi connectivity index (χ2n) is 5.61. The second kappa shape index (κ2) is 5.99. The molecular formula is C15H19FN2O3. The number of halogens is 1. The molecule has 1 spiro atoms. The molecular weight excluding hydrogens is 275 g/mol. The van der Waals surface area contributed by atoms with Gasteiger partial charge in [-0.2, -0.15) is 0 Å². The fourth-order valence-corrected chi connectivity index (χ4v) is 2.94. The maximum absolute atomic E-state index is 12.8. The van der Waals surface area contributed by atoms with E-state index in [9.17, 15) is 9.18 Å². The maximum Gasteiger partial charge on any atom is 0.411 e. The topological polar surface area (TPSA) is 59.6 Å². The summed E-state index contributed by atoms with van der Waals surface area (Å²) in [4.78, 5) is 11.8. The molecule has 2 aliphatic rings. The number of rotatable bonds is 2. The molecule has 0 radical (unpaired) electrons. The third-order valence-electron chi connectivity index (χ3n) is 4.05. The molecule has 1 amide bonds. The number of ether oxygens (including phenoxy) is 2. The van der Waals surface area contributed by atoms with Crippen LogP contribution in [0.1, 0.15) is 19.3 Å². The number of nitrogens with one attached hydrogen (secondary N) is 2. The van der Waals surface area contributed by atoms with Gasteiger partial charge < -0.3 is 14.8 Å². The predicted molar refractivity (Wildman–Crippen MR) is 75.7 cm³/mol. The molecule has 2 fully saturated rings. The molecule has 3 rings (SSSR count). The number of hydrogen-bond donors (Lipinski definition) is 2. The van der Waals surface area contributed by atoms with Crippen LogP contribution in [0.3, 0.4) is 0 Å². The normalized spacial score (nSPS) is 24.0. The van der Waals surface area contributed by atoms with E-state index in [1.807, 2.05) is 0 Å². The van der Waals surface area contributed by atoms with Gasteiger partial charge in [0.25, 0.3) is 0 Å². The average Bonchev–Trinajstić information content (AvgIpc) is 2.84. The molecule has 1 unspecified atom stereocenters. The van der Waals surface area contributed by atoms with Crippen LogP contribution in [0.15, 0.2) is 24.3 Å². The molecule has 2 aliphatic heterocycles. The molecule has 1 atom stereocenters. The number of benzene rings is 1. The fourth-order valence-electron chi connectivity index (χ4n) is 2.94. The monoisotopic (exact) mass is 294 g/mol. The summed E-state index contributed by atoms with van der Waals surface area (Å²) in [6, 6.07) is 5.57. The van der Waals surface area contributed by atoms with Crippen LogP contribution in [0.4, 0.5) is 14.9 Å². The highest BCUT2D eigenvalue weighted by molar-refractivity contribution is 5.84. The van der Waals surface area contributed by atoms with E-state index in [-0.39, 0.29) is 17.5 Å². The smallest absolute Gasteiger partial charge is 0.411 e. The molecule has 0 saturated carbocycles. The van der Waals surface area contributed by atoms with E-state index in [4.69, 9.17) is 9.47 Å². The molecule has 0 bridgehead atoms. The summed E-state index contributed by atoms with van der Waals surface area (Å²) >= 11 is 0. The molecule has 21 heavy (non-hydrogen) atoms. The SMILES string of the molecule is O=C(Nc1ccc(F)cc1)OC1COC2(CCNCC2)C1. The number of carbonyl (C=O) groups excluding carboxylic acids is 1. The Morgan fingerprint density at radius 3 is 2.76 bits per heavy atom. The fraction of sp³-hybridized carbons (Fsp3) is 0.533. The zero-order chi connectivity index (χ0) is 14.7. The lowest BCUT2D eigenvalue weighted by molar-refractivity contribution is -0.0211. The molecule has 2 N–H and O–H groups in total. The number of anilines is 1. The largest absolute Gasteiger partial charge is 0.443 e. The van der Waals surface area contributed by atoms with Gasteiger partial charge in [0, 0.05) is 12.1 Å². The van der Waals surface area contributed by atoms with Gasteiger partial charge >= 0.3 is 6.09 Å². The van der Waals surface area contributed by atoms with Crippen LogP contribution in [0.25, 0.3) is 0 Å². The first-order valence-electron chi connectivity index (χ1n) is 7.23. The van der Waals surface area contributed by atoms with Gasteiger partial charge in [0.05, 0.1) is 12.2 Å². The Bertz CT molecular complexity index is 500. The quantitative estimate of drug-likeness (QED) is 0.878. The third-order valence-corrected chi connectivity index (χ3v) is 4.05. The Morgan fingerprint density at radius 2 is 2.05 bits per heavy atom. The van der Waals surface area contributed by atoms with Crippen molar-refractivity contribution in [3.05, 3.63) is 30.1 Å². The summed E-state index contributed by atoms with van der Waals surface area (Å²) in [5.74, 6) is -0.342. The summed E-state index contributed by atoms with van der Waals surface area (Å²) in [5, 5.41) is 5.89. The predicted octanol–water partition coefficient (Wildman–Crippen LogP) is 2.29. The van der Waals surface area contributed by atoms with Crippen molar-refractivity contribution in [2.45, 2.75) is 31.0 Å². The molecule has 1 aromatic carbocycles. The summed E-state index contributed by atoms with van der Waals surface area (Å²) in [6.45, 7) is 2.32. The standard InChI is InChI=1S/C15H19FN2O3/c16-11-1-3-12(4-2-11)18-14(19)21-13-9-15(20-10-13)5-7-17-8-6-15/h1-4,13,17H,5-10H2,(H,18,19). The van der Waals surface area contributed by atoms with Crippen LogP contribution in [-0.4, -0.2) is 37.5 Å². The molecule has 2 heterocycles. The van der Waals surface area contributed by atoms with Crippen LogP contribution in [-0.2, 0) is 9.47 Å². The van der Waals surface area contributed by atoms with Crippen molar-refractivity contribution in [2.75, 3.05) is 25.0 Å². The van der Waals surface area contributed by atoms with E-state index < -0.39 is 6.09 Å². The molecule has 0 aliphatic carbocycles. The summed E-state index contributed by atoms with van der Waals surface area (Å²) < 4.78 is 24.0. The summed E-state index contributed by atoms with van der Waals surface area (Å²) in [7, 11) is 0. The van der Waals surface area contributed by atoms with Crippen molar-refractivity contribution in [3.63, 3.8) is 0 Å².